The van der Waals surface area contributed by atoms with Crippen LogP contribution in [0.4, 0.5) is 14.6 Å². The third kappa shape index (κ3) is 6.30. The Morgan fingerprint density at radius 1 is 1.20 bits per heavy atom. The van der Waals surface area contributed by atoms with Crippen molar-refractivity contribution < 1.29 is 13.5 Å². The molecule has 1 aromatic heterocycles. The Hall–Kier alpha value is -2.90. The van der Waals surface area contributed by atoms with Gasteiger partial charge in [-0.3, -0.25) is 0 Å². The van der Waals surface area contributed by atoms with Crippen molar-refractivity contribution in [1.29, 1.82) is 0 Å². The van der Waals surface area contributed by atoms with Crippen molar-refractivity contribution in [2.45, 2.75) is 46.4 Å². The fourth-order valence-corrected chi connectivity index (χ4v) is 3.39. The fraction of sp³-hybridized carbons (Fsp3) is 0.455. The molecule has 1 aliphatic heterocycles. The molecule has 8 heteroatoms. The molecule has 1 aromatic carbocycles. The van der Waals surface area contributed by atoms with E-state index in [1.807, 2.05) is 38.2 Å². The van der Waals surface area contributed by atoms with Crippen LogP contribution < -0.4 is 20.3 Å². The number of hydrogen-bond donors (Lipinski definition) is 2. The van der Waals surface area contributed by atoms with Gasteiger partial charge in [-0.2, -0.15) is 8.78 Å². The second kappa shape index (κ2) is 10.8. The lowest BCUT2D eigenvalue weighted by molar-refractivity contribution is -0.0504. The predicted octanol–water partition coefficient (Wildman–Crippen LogP) is 3.85. The molecule has 2 aromatic rings. The van der Waals surface area contributed by atoms with E-state index in [0.717, 1.165) is 30.0 Å². The maximum atomic E-state index is 12.7. The number of alkyl halides is 2. The van der Waals surface area contributed by atoms with E-state index in [1.54, 1.807) is 12.1 Å². The van der Waals surface area contributed by atoms with Crippen LogP contribution in [0.3, 0.4) is 0 Å². The predicted molar refractivity (Wildman–Crippen MR) is 115 cm³/mol. The van der Waals surface area contributed by atoms with E-state index in [9.17, 15) is 8.78 Å². The summed E-state index contributed by atoms with van der Waals surface area (Å²) in [5, 5.41) is 6.36. The van der Waals surface area contributed by atoms with Gasteiger partial charge in [0.1, 0.15) is 11.6 Å². The minimum absolute atomic E-state index is 0.167. The van der Waals surface area contributed by atoms with Crippen molar-refractivity contribution in [3.63, 3.8) is 0 Å². The van der Waals surface area contributed by atoms with Gasteiger partial charge in [0.25, 0.3) is 0 Å². The van der Waals surface area contributed by atoms with Crippen LogP contribution in [0.15, 0.2) is 41.5 Å². The number of aliphatic imine (C=N–C) groups is 1. The molecule has 30 heavy (non-hydrogen) atoms. The summed E-state index contributed by atoms with van der Waals surface area (Å²) in [4.78, 5) is 11.4. The summed E-state index contributed by atoms with van der Waals surface area (Å²) in [5.41, 5.74) is 2.63. The number of nitrogens with zero attached hydrogens (tertiary/aromatic N) is 3. The lowest BCUT2D eigenvalue weighted by atomic mass is 10.1. The van der Waals surface area contributed by atoms with Gasteiger partial charge in [0.2, 0.25) is 0 Å². The summed E-state index contributed by atoms with van der Waals surface area (Å²) in [6, 6.07) is 9.23. The molecule has 3 rings (SSSR count). The van der Waals surface area contributed by atoms with E-state index < -0.39 is 6.61 Å². The van der Waals surface area contributed by atoms with Gasteiger partial charge < -0.3 is 20.3 Å². The zero-order chi connectivity index (χ0) is 21.3. The van der Waals surface area contributed by atoms with Crippen molar-refractivity contribution in [2.75, 3.05) is 24.5 Å². The number of nitrogens with one attached hydrogen (secondary N) is 2. The number of pyridine rings is 1. The van der Waals surface area contributed by atoms with E-state index in [0.29, 0.717) is 31.2 Å². The Morgan fingerprint density at radius 2 is 2.00 bits per heavy atom. The van der Waals surface area contributed by atoms with Crippen molar-refractivity contribution in [3.8, 4) is 5.75 Å². The zero-order valence-electron chi connectivity index (χ0n) is 17.5. The number of anilines is 1. The Morgan fingerprint density at radius 3 is 2.67 bits per heavy atom. The van der Waals surface area contributed by atoms with Gasteiger partial charge >= 0.3 is 6.61 Å². The van der Waals surface area contributed by atoms with Gasteiger partial charge in [-0.15, -0.1) is 0 Å². The number of guanidine groups is 1. The minimum Gasteiger partial charge on any atom is -0.434 e. The number of hydrogen-bond acceptors (Lipinski definition) is 4. The average Bonchev–Trinajstić information content (AvgIpc) is 3.27. The van der Waals surface area contributed by atoms with Crippen LogP contribution in [0.25, 0.3) is 0 Å². The van der Waals surface area contributed by atoms with Gasteiger partial charge in [-0.25, -0.2) is 9.98 Å². The third-order valence-electron chi connectivity index (χ3n) is 4.88. The normalized spacial score (nSPS) is 14.3. The first-order chi connectivity index (χ1) is 14.5. The standard InChI is InChI=1S/C22H29F2N5O/c1-3-25-22(28-15-18-12-16(2)6-8-19(18)30-21(23)24)27-14-17-7-9-20(26-13-17)29-10-4-5-11-29/h6-9,12-13,21H,3-5,10-11,14-15H2,1-2H3,(H2,25,27,28). The van der Waals surface area contributed by atoms with Crippen molar-refractivity contribution in [3.05, 3.63) is 53.2 Å². The molecule has 2 heterocycles. The molecule has 0 spiro atoms. The Labute approximate surface area is 176 Å². The molecule has 1 saturated heterocycles. The van der Waals surface area contributed by atoms with E-state index in [2.05, 4.69) is 30.2 Å². The molecule has 162 valence electrons. The van der Waals surface area contributed by atoms with Gasteiger partial charge in [0.15, 0.2) is 5.96 Å². The van der Waals surface area contributed by atoms with Crippen LogP contribution in [-0.4, -0.2) is 37.2 Å². The number of ether oxygens (including phenoxy) is 1. The summed E-state index contributed by atoms with van der Waals surface area (Å²) < 4.78 is 30.0. The van der Waals surface area contributed by atoms with Gasteiger partial charge in [-0.05, 0) is 44.4 Å². The summed E-state index contributed by atoms with van der Waals surface area (Å²) in [6.45, 7) is 4.63. The number of rotatable bonds is 8. The second-order valence-corrected chi connectivity index (χ2v) is 7.26. The lowest BCUT2D eigenvalue weighted by Crippen LogP contribution is -2.37. The van der Waals surface area contributed by atoms with E-state index >= 15 is 0 Å². The molecule has 0 bridgehead atoms. The quantitative estimate of drug-likeness (QED) is 0.505. The Kier molecular flexibility index (Phi) is 7.82. The number of aromatic nitrogens is 1. The molecule has 0 atom stereocenters. The Balaban J connectivity index is 1.63. The molecular weight excluding hydrogens is 388 g/mol. The molecule has 1 aliphatic rings. The van der Waals surface area contributed by atoms with Crippen LogP contribution in [0, 0.1) is 6.92 Å². The van der Waals surface area contributed by atoms with Crippen molar-refractivity contribution in [1.82, 2.24) is 15.6 Å². The monoisotopic (exact) mass is 417 g/mol. The summed E-state index contributed by atoms with van der Waals surface area (Å²) in [5.74, 6) is 1.78. The summed E-state index contributed by atoms with van der Waals surface area (Å²) in [7, 11) is 0. The smallest absolute Gasteiger partial charge is 0.387 e. The first-order valence-corrected chi connectivity index (χ1v) is 10.3. The van der Waals surface area contributed by atoms with Crippen LogP contribution >= 0.6 is 0 Å². The molecule has 6 nitrogen and oxygen atoms in total. The summed E-state index contributed by atoms with van der Waals surface area (Å²) in [6.07, 6.45) is 4.29. The molecule has 0 unspecified atom stereocenters. The minimum atomic E-state index is -2.86. The molecule has 2 N–H and O–H groups in total. The van der Waals surface area contributed by atoms with Crippen LogP contribution in [0.2, 0.25) is 0 Å². The van der Waals surface area contributed by atoms with E-state index in [1.165, 1.54) is 12.8 Å². The maximum Gasteiger partial charge on any atom is 0.387 e. The topological polar surface area (TPSA) is 61.8 Å². The lowest BCUT2D eigenvalue weighted by Gasteiger charge is -2.16. The highest BCUT2D eigenvalue weighted by molar-refractivity contribution is 5.79. The largest absolute Gasteiger partial charge is 0.434 e. The fourth-order valence-electron chi connectivity index (χ4n) is 3.39. The number of halogens is 2. The second-order valence-electron chi connectivity index (χ2n) is 7.26. The van der Waals surface area contributed by atoms with Crippen molar-refractivity contribution >= 4 is 11.8 Å². The highest BCUT2D eigenvalue weighted by Crippen LogP contribution is 2.22. The van der Waals surface area contributed by atoms with Crippen LogP contribution in [0.5, 0.6) is 5.75 Å². The molecule has 0 amide bonds. The van der Waals surface area contributed by atoms with Gasteiger partial charge in [0.05, 0.1) is 6.54 Å². The van der Waals surface area contributed by atoms with E-state index in [4.69, 9.17) is 0 Å². The highest BCUT2D eigenvalue weighted by atomic mass is 19.3. The highest BCUT2D eigenvalue weighted by Gasteiger charge is 2.13. The zero-order valence-corrected chi connectivity index (χ0v) is 17.5. The molecule has 0 aliphatic carbocycles. The molecular formula is C22H29F2N5O. The molecule has 0 radical (unpaired) electrons. The van der Waals surface area contributed by atoms with Crippen molar-refractivity contribution in [2.24, 2.45) is 4.99 Å². The van der Waals surface area contributed by atoms with E-state index in [-0.39, 0.29) is 5.75 Å². The molecule has 0 saturated carbocycles. The maximum absolute atomic E-state index is 12.7. The third-order valence-corrected chi connectivity index (χ3v) is 4.88. The van der Waals surface area contributed by atoms with Gasteiger partial charge in [-0.1, -0.05) is 23.8 Å². The molecule has 1 fully saturated rings. The number of aryl methyl sites for hydroxylation is 1. The summed E-state index contributed by atoms with van der Waals surface area (Å²) >= 11 is 0. The first kappa shape index (κ1) is 21.8. The SMILES string of the molecule is CCNC(=NCc1ccc(N2CCCC2)nc1)NCc1cc(C)ccc1OC(F)F. The number of benzene rings is 1. The van der Waals surface area contributed by atoms with Crippen LogP contribution in [0.1, 0.15) is 36.5 Å². The van der Waals surface area contributed by atoms with Gasteiger partial charge in [0, 0.05) is 37.9 Å². The Bertz CT molecular complexity index is 836. The van der Waals surface area contributed by atoms with Crippen LogP contribution in [-0.2, 0) is 13.1 Å². The average molecular weight is 418 g/mol. The first-order valence-electron chi connectivity index (χ1n) is 10.3.